The molecule has 0 aliphatic heterocycles. The fourth-order valence-corrected chi connectivity index (χ4v) is 3.72. The molecule has 0 saturated heterocycles. The van der Waals surface area contributed by atoms with Gasteiger partial charge in [-0.2, -0.15) is 0 Å². The van der Waals surface area contributed by atoms with Crippen LogP contribution in [0.4, 0.5) is 0 Å². The molecule has 1 N–H and O–H groups in total. The Bertz CT molecular complexity index is 1240. The van der Waals surface area contributed by atoms with Crippen LogP contribution in [-0.2, 0) is 22.6 Å². The molecule has 0 bridgehead atoms. The average molecular weight is 466 g/mol. The SMILES string of the molecule is COC(=O)[C@H](Cc1ccc(OCc2ccccc2)cc1)NC(=O)c1ccc(-c2ccccc2)cc1. The zero-order valence-corrected chi connectivity index (χ0v) is 19.5. The van der Waals surface area contributed by atoms with Gasteiger partial charge in [0.15, 0.2) is 0 Å². The highest BCUT2D eigenvalue weighted by Gasteiger charge is 2.22. The van der Waals surface area contributed by atoms with E-state index in [1.54, 1.807) is 12.1 Å². The Morgan fingerprint density at radius 1 is 0.714 bits per heavy atom. The minimum Gasteiger partial charge on any atom is -0.489 e. The molecular formula is C30H27NO4. The summed E-state index contributed by atoms with van der Waals surface area (Å²) in [6, 6.07) is 33.8. The van der Waals surface area contributed by atoms with Gasteiger partial charge in [-0.15, -0.1) is 0 Å². The van der Waals surface area contributed by atoms with Crippen molar-refractivity contribution in [2.24, 2.45) is 0 Å². The molecule has 1 amide bonds. The fourth-order valence-electron chi connectivity index (χ4n) is 3.72. The van der Waals surface area contributed by atoms with Crippen molar-refractivity contribution in [3.8, 4) is 16.9 Å². The number of hydrogen-bond acceptors (Lipinski definition) is 4. The van der Waals surface area contributed by atoms with Crippen LogP contribution in [0.1, 0.15) is 21.5 Å². The molecule has 0 aliphatic rings. The van der Waals surface area contributed by atoms with E-state index < -0.39 is 12.0 Å². The molecule has 4 rings (SSSR count). The van der Waals surface area contributed by atoms with E-state index in [-0.39, 0.29) is 5.91 Å². The summed E-state index contributed by atoms with van der Waals surface area (Å²) in [6.07, 6.45) is 0.305. The average Bonchev–Trinajstić information content (AvgIpc) is 2.93. The lowest BCUT2D eigenvalue weighted by Crippen LogP contribution is -2.43. The van der Waals surface area contributed by atoms with Crippen LogP contribution in [0.5, 0.6) is 5.75 Å². The Kier molecular flexibility index (Phi) is 7.92. The number of hydrogen-bond donors (Lipinski definition) is 1. The van der Waals surface area contributed by atoms with Gasteiger partial charge in [-0.25, -0.2) is 4.79 Å². The molecule has 0 spiro atoms. The van der Waals surface area contributed by atoms with Gasteiger partial charge in [0.05, 0.1) is 7.11 Å². The third-order valence-corrected chi connectivity index (χ3v) is 5.66. The Balaban J connectivity index is 1.38. The molecule has 0 aromatic heterocycles. The molecule has 35 heavy (non-hydrogen) atoms. The predicted molar refractivity (Wildman–Crippen MR) is 136 cm³/mol. The number of esters is 1. The van der Waals surface area contributed by atoms with Crippen molar-refractivity contribution in [3.05, 3.63) is 126 Å². The van der Waals surface area contributed by atoms with Gasteiger partial charge in [0.2, 0.25) is 0 Å². The van der Waals surface area contributed by atoms with Crippen LogP contribution >= 0.6 is 0 Å². The lowest BCUT2D eigenvalue weighted by Gasteiger charge is -2.17. The Morgan fingerprint density at radius 3 is 1.94 bits per heavy atom. The molecule has 5 nitrogen and oxygen atoms in total. The highest BCUT2D eigenvalue weighted by molar-refractivity contribution is 5.97. The maximum absolute atomic E-state index is 12.8. The van der Waals surface area contributed by atoms with Gasteiger partial charge in [-0.1, -0.05) is 84.9 Å². The number of methoxy groups -OCH3 is 1. The first-order valence-corrected chi connectivity index (χ1v) is 11.4. The Labute approximate surface area is 205 Å². The van der Waals surface area contributed by atoms with E-state index in [0.29, 0.717) is 18.6 Å². The van der Waals surface area contributed by atoms with Gasteiger partial charge in [-0.05, 0) is 46.5 Å². The predicted octanol–water partition coefficient (Wildman–Crippen LogP) is 5.45. The quantitative estimate of drug-likeness (QED) is 0.334. The summed E-state index contributed by atoms with van der Waals surface area (Å²) in [5.74, 6) is -0.0961. The zero-order chi connectivity index (χ0) is 24.5. The van der Waals surface area contributed by atoms with Crippen molar-refractivity contribution >= 4 is 11.9 Å². The largest absolute Gasteiger partial charge is 0.489 e. The van der Waals surface area contributed by atoms with Gasteiger partial charge in [-0.3, -0.25) is 4.79 Å². The summed E-state index contributed by atoms with van der Waals surface area (Å²) in [6.45, 7) is 0.476. The van der Waals surface area contributed by atoms with Crippen molar-refractivity contribution in [1.29, 1.82) is 0 Å². The molecule has 4 aromatic carbocycles. The molecule has 0 saturated carbocycles. The van der Waals surface area contributed by atoms with Crippen molar-refractivity contribution in [1.82, 2.24) is 5.32 Å². The summed E-state index contributed by atoms with van der Waals surface area (Å²) >= 11 is 0. The maximum atomic E-state index is 12.8. The smallest absolute Gasteiger partial charge is 0.328 e. The second kappa shape index (κ2) is 11.7. The molecular weight excluding hydrogens is 438 g/mol. The van der Waals surface area contributed by atoms with Gasteiger partial charge < -0.3 is 14.8 Å². The topological polar surface area (TPSA) is 64.6 Å². The minimum absolute atomic E-state index is 0.305. The van der Waals surface area contributed by atoms with Crippen LogP contribution in [0.15, 0.2) is 109 Å². The van der Waals surface area contributed by atoms with Crippen molar-refractivity contribution in [2.75, 3.05) is 7.11 Å². The number of carbonyl (C=O) groups excluding carboxylic acids is 2. The Hall–Kier alpha value is -4.38. The number of ether oxygens (including phenoxy) is 2. The van der Waals surface area contributed by atoms with Crippen molar-refractivity contribution in [3.63, 3.8) is 0 Å². The standard InChI is InChI=1S/C30H27NO4/c1-34-30(33)28(20-22-12-18-27(19-13-22)35-21-23-8-4-2-5-9-23)31-29(32)26-16-14-25(15-17-26)24-10-6-3-7-11-24/h2-19,28H,20-21H2,1H3,(H,31,32)/t28-/m0/s1. The second-order valence-corrected chi connectivity index (χ2v) is 8.11. The number of rotatable bonds is 9. The number of benzene rings is 4. The van der Waals surface area contributed by atoms with E-state index in [1.807, 2.05) is 97.1 Å². The van der Waals surface area contributed by atoms with Gasteiger partial charge in [0.25, 0.3) is 5.91 Å². The van der Waals surface area contributed by atoms with E-state index in [9.17, 15) is 9.59 Å². The minimum atomic E-state index is -0.808. The molecule has 176 valence electrons. The number of nitrogens with one attached hydrogen (secondary N) is 1. The highest BCUT2D eigenvalue weighted by atomic mass is 16.5. The summed E-state index contributed by atoms with van der Waals surface area (Å²) in [7, 11) is 1.32. The molecule has 0 fully saturated rings. The molecule has 4 aromatic rings. The molecule has 0 unspecified atom stereocenters. The highest BCUT2D eigenvalue weighted by Crippen LogP contribution is 2.20. The third-order valence-electron chi connectivity index (χ3n) is 5.66. The number of amides is 1. The lowest BCUT2D eigenvalue weighted by atomic mass is 10.0. The van der Waals surface area contributed by atoms with Crippen molar-refractivity contribution < 1.29 is 19.1 Å². The van der Waals surface area contributed by atoms with Crippen LogP contribution in [0, 0.1) is 0 Å². The summed E-state index contributed by atoms with van der Waals surface area (Å²) < 4.78 is 10.8. The molecule has 0 radical (unpaired) electrons. The maximum Gasteiger partial charge on any atom is 0.328 e. The van der Waals surface area contributed by atoms with Crippen LogP contribution in [0.25, 0.3) is 11.1 Å². The summed E-state index contributed by atoms with van der Waals surface area (Å²) in [5, 5.41) is 2.81. The normalized spacial score (nSPS) is 11.3. The fraction of sp³-hybridized carbons (Fsp3) is 0.133. The monoisotopic (exact) mass is 465 g/mol. The first-order valence-electron chi connectivity index (χ1n) is 11.4. The van der Waals surface area contributed by atoms with E-state index >= 15 is 0 Å². The second-order valence-electron chi connectivity index (χ2n) is 8.11. The van der Waals surface area contributed by atoms with E-state index in [0.717, 1.165) is 28.0 Å². The van der Waals surface area contributed by atoms with E-state index in [4.69, 9.17) is 9.47 Å². The molecule has 5 heteroatoms. The van der Waals surface area contributed by atoms with Gasteiger partial charge >= 0.3 is 5.97 Å². The van der Waals surface area contributed by atoms with Gasteiger partial charge in [0, 0.05) is 12.0 Å². The molecule has 1 atom stereocenters. The van der Waals surface area contributed by atoms with Crippen LogP contribution < -0.4 is 10.1 Å². The van der Waals surface area contributed by atoms with Crippen LogP contribution in [-0.4, -0.2) is 25.0 Å². The van der Waals surface area contributed by atoms with E-state index in [2.05, 4.69) is 5.32 Å². The molecule has 0 aliphatic carbocycles. The third kappa shape index (κ3) is 6.58. The van der Waals surface area contributed by atoms with Crippen LogP contribution in [0.3, 0.4) is 0 Å². The molecule has 0 heterocycles. The zero-order valence-electron chi connectivity index (χ0n) is 19.5. The lowest BCUT2D eigenvalue weighted by molar-refractivity contribution is -0.142. The Morgan fingerprint density at radius 2 is 1.31 bits per heavy atom. The summed E-state index contributed by atoms with van der Waals surface area (Å²) in [5.41, 5.74) is 4.53. The number of carbonyl (C=O) groups is 2. The summed E-state index contributed by atoms with van der Waals surface area (Å²) in [4.78, 5) is 25.2. The van der Waals surface area contributed by atoms with Gasteiger partial charge in [0.1, 0.15) is 18.4 Å². The first kappa shape index (κ1) is 23.8. The van der Waals surface area contributed by atoms with Crippen LogP contribution in [0.2, 0.25) is 0 Å². The van der Waals surface area contributed by atoms with E-state index in [1.165, 1.54) is 7.11 Å². The first-order chi connectivity index (χ1) is 17.1. The van der Waals surface area contributed by atoms with Crippen molar-refractivity contribution in [2.45, 2.75) is 19.1 Å².